The number of amides is 1. The lowest BCUT2D eigenvalue weighted by atomic mass is 9.90. The van der Waals surface area contributed by atoms with E-state index in [0.717, 1.165) is 26.1 Å². The molecule has 1 heterocycles. The molecular weight excluding hydrogens is 238 g/mol. The van der Waals surface area contributed by atoms with Gasteiger partial charge in [-0.25, -0.2) is 0 Å². The number of piperidine rings is 1. The fourth-order valence-electron chi connectivity index (χ4n) is 2.56. The molecule has 4 heteroatoms. The van der Waals surface area contributed by atoms with E-state index in [-0.39, 0.29) is 5.91 Å². The topological polar surface area (TPSA) is 44.4 Å². The van der Waals surface area contributed by atoms with Crippen LogP contribution < -0.4 is 10.6 Å². The molecule has 1 aliphatic rings. The summed E-state index contributed by atoms with van der Waals surface area (Å²) in [4.78, 5) is 14.2. The Labute approximate surface area is 118 Å². The van der Waals surface area contributed by atoms with Crippen molar-refractivity contribution in [1.82, 2.24) is 15.5 Å². The van der Waals surface area contributed by atoms with Gasteiger partial charge in [-0.05, 0) is 45.7 Å². The maximum Gasteiger partial charge on any atom is 0.221 e. The van der Waals surface area contributed by atoms with E-state index in [2.05, 4.69) is 43.4 Å². The highest BCUT2D eigenvalue weighted by molar-refractivity contribution is 5.76. The van der Waals surface area contributed by atoms with Gasteiger partial charge in [0.05, 0.1) is 0 Å². The van der Waals surface area contributed by atoms with Crippen molar-refractivity contribution < 1.29 is 4.79 Å². The van der Waals surface area contributed by atoms with Crippen molar-refractivity contribution in [2.45, 2.75) is 58.5 Å². The van der Waals surface area contributed by atoms with Crippen LogP contribution in [0.25, 0.3) is 0 Å². The molecule has 1 saturated heterocycles. The average Bonchev–Trinajstić information content (AvgIpc) is 2.40. The van der Waals surface area contributed by atoms with Crippen LogP contribution in [-0.2, 0) is 4.79 Å². The minimum absolute atomic E-state index is 0.184. The number of carbonyl (C=O) groups is 1. The van der Waals surface area contributed by atoms with Crippen LogP contribution in [0.2, 0.25) is 0 Å². The lowest BCUT2D eigenvalue weighted by Gasteiger charge is -2.29. The van der Waals surface area contributed by atoms with Gasteiger partial charge in [-0.15, -0.1) is 0 Å². The Balaban J connectivity index is 2.17. The maximum absolute atomic E-state index is 11.9. The highest BCUT2D eigenvalue weighted by Crippen LogP contribution is 2.17. The van der Waals surface area contributed by atoms with Gasteiger partial charge < -0.3 is 15.5 Å². The molecule has 0 aromatic rings. The first kappa shape index (κ1) is 16.4. The van der Waals surface area contributed by atoms with Gasteiger partial charge in [0.25, 0.3) is 0 Å². The third-order valence-corrected chi connectivity index (χ3v) is 4.46. The number of nitrogens with one attached hydrogen (secondary N) is 2. The van der Waals surface area contributed by atoms with Crippen LogP contribution in [0.15, 0.2) is 0 Å². The van der Waals surface area contributed by atoms with Crippen LogP contribution in [0.4, 0.5) is 0 Å². The lowest BCUT2D eigenvalue weighted by molar-refractivity contribution is -0.122. The van der Waals surface area contributed by atoms with E-state index in [9.17, 15) is 4.79 Å². The van der Waals surface area contributed by atoms with Gasteiger partial charge >= 0.3 is 0 Å². The summed E-state index contributed by atoms with van der Waals surface area (Å²) in [7, 11) is 2.12. The molecule has 0 bridgehead atoms. The fraction of sp³-hybridized carbons (Fsp3) is 0.933. The van der Waals surface area contributed by atoms with E-state index < -0.39 is 0 Å². The van der Waals surface area contributed by atoms with Crippen molar-refractivity contribution in [3.63, 3.8) is 0 Å². The minimum Gasteiger partial charge on any atom is -0.355 e. The highest BCUT2D eigenvalue weighted by atomic mass is 16.1. The average molecular weight is 269 g/mol. The monoisotopic (exact) mass is 269 g/mol. The zero-order chi connectivity index (χ0) is 14.3. The lowest BCUT2D eigenvalue weighted by Crippen LogP contribution is -2.44. The first-order valence-corrected chi connectivity index (χ1v) is 7.74. The number of likely N-dealkylation sites (N-methyl/N-ethyl adjacent to an activating group) is 1. The molecule has 3 atom stereocenters. The van der Waals surface area contributed by atoms with Crippen molar-refractivity contribution in [2.75, 3.05) is 26.7 Å². The van der Waals surface area contributed by atoms with Gasteiger partial charge in [-0.2, -0.15) is 0 Å². The maximum atomic E-state index is 11.9. The van der Waals surface area contributed by atoms with E-state index >= 15 is 0 Å². The quantitative estimate of drug-likeness (QED) is 0.738. The smallest absolute Gasteiger partial charge is 0.221 e. The molecule has 3 unspecified atom stereocenters. The summed E-state index contributed by atoms with van der Waals surface area (Å²) < 4.78 is 0. The first-order chi connectivity index (χ1) is 9.04. The largest absolute Gasteiger partial charge is 0.355 e. The molecule has 0 radical (unpaired) electrons. The molecule has 0 aromatic carbocycles. The number of carbonyl (C=O) groups excluding carboxylic acids is 1. The summed E-state index contributed by atoms with van der Waals surface area (Å²) in [6, 6.07) is 0.943. The summed E-state index contributed by atoms with van der Waals surface area (Å²) in [5, 5.41) is 6.49. The Morgan fingerprint density at radius 1 is 1.53 bits per heavy atom. The Morgan fingerprint density at radius 3 is 2.89 bits per heavy atom. The number of nitrogens with zero attached hydrogens (tertiary/aromatic N) is 1. The second-order valence-corrected chi connectivity index (χ2v) is 5.97. The molecule has 112 valence electrons. The zero-order valence-corrected chi connectivity index (χ0v) is 13.0. The van der Waals surface area contributed by atoms with Crippen LogP contribution in [0.1, 0.15) is 46.5 Å². The molecular formula is C15H31N3O. The van der Waals surface area contributed by atoms with Gasteiger partial charge in [0.1, 0.15) is 0 Å². The third-order valence-electron chi connectivity index (χ3n) is 4.46. The van der Waals surface area contributed by atoms with E-state index in [1.54, 1.807) is 0 Å². The normalized spacial score (nSPS) is 25.3. The van der Waals surface area contributed by atoms with E-state index in [1.807, 2.05) is 0 Å². The number of hydrogen-bond acceptors (Lipinski definition) is 3. The van der Waals surface area contributed by atoms with Crippen LogP contribution in [0, 0.1) is 5.92 Å². The molecule has 1 fully saturated rings. The van der Waals surface area contributed by atoms with Gasteiger partial charge in [0, 0.05) is 31.6 Å². The molecule has 1 amide bonds. The zero-order valence-electron chi connectivity index (χ0n) is 13.0. The molecule has 2 N–H and O–H groups in total. The molecule has 0 spiro atoms. The molecule has 1 aliphatic heterocycles. The highest BCUT2D eigenvalue weighted by Gasteiger charge is 2.22. The van der Waals surface area contributed by atoms with E-state index in [4.69, 9.17) is 0 Å². The summed E-state index contributed by atoms with van der Waals surface area (Å²) in [5.74, 6) is 0.797. The summed E-state index contributed by atoms with van der Waals surface area (Å²) >= 11 is 0. The van der Waals surface area contributed by atoms with Crippen molar-refractivity contribution >= 4 is 5.91 Å². The summed E-state index contributed by atoms with van der Waals surface area (Å²) in [5.41, 5.74) is 0. The molecule has 1 rings (SSSR count). The molecule has 0 saturated carbocycles. The molecule has 4 nitrogen and oxygen atoms in total. The Bertz CT molecular complexity index is 270. The Morgan fingerprint density at radius 2 is 2.26 bits per heavy atom. The molecule has 0 aliphatic carbocycles. The second kappa shape index (κ2) is 8.54. The van der Waals surface area contributed by atoms with Crippen LogP contribution in [-0.4, -0.2) is 49.6 Å². The standard InChI is InChI=1S/C15H31N3O/c1-5-13(3)18(4)10-9-17-15(19)11-14-12(2)7-6-8-16-14/h12-14,16H,5-11H2,1-4H3,(H,17,19). The molecule has 19 heavy (non-hydrogen) atoms. The van der Waals surface area contributed by atoms with Crippen molar-refractivity contribution in [3.8, 4) is 0 Å². The predicted octanol–water partition coefficient (Wildman–Crippen LogP) is 1.61. The van der Waals surface area contributed by atoms with Crippen LogP contribution in [0.5, 0.6) is 0 Å². The Kier molecular flexibility index (Phi) is 7.39. The predicted molar refractivity (Wildman–Crippen MR) is 80.2 cm³/mol. The van der Waals surface area contributed by atoms with E-state index in [0.29, 0.717) is 24.4 Å². The van der Waals surface area contributed by atoms with Crippen molar-refractivity contribution in [2.24, 2.45) is 5.92 Å². The van der Waals surface area contributed by atoms with Crippen LogP contribution >= 0.6 is 0 Å². The summed E-state index contributed by atoms with van der Waals surface area (Å²) in [6.45, 7) is 9.38. The molecule has 0 aromatic heterocycles. The van der Waals surface area contributed by atoms with Gasteiger partial charge in [0.2, 0.25) is 5.91 Å². The number of hydrogen-bond donors (Lipinski definition) is 2. The van der Waals surface area contributed by atoms with Crippen molar-refractivity contribution in [1.29, 1.82) is 0 Å². The van der Waals surface area contributed by atoms with Gasteiger partial charge in [0.15, 0.2) is 0 Å². The van der Waals surface area contributed by atoms with E-state index in [1.165, 1.54) is 12.8 Å². The second-order valence-electron chi connectivity index (χ2n) is 5.97. The van der Waals surface area contributed by atoms with Crippen molar-refractivity contribution in [3.05, 3.63) is 0 Å². The fourth-order valence-corrected chi connectivity index (χ4v) is 2.56. The van der Waals surface area contributed by atoms with Gasteiger partial charge in [-0.3, -0.25) is 4.79 Å². The number of rotatable bonds is 7. The van der Waals surface area contributed by atoms with Gasteiger partial charge in [-0.1, -0.05) is 13.8 Å². The third kappa shape index (κ3) is 5.91. The van der Waals surface area contributed by atoms with Crippen LogP contribution in [0.3, 0.4) is 0 Å². The SMILES string of the molecule is CCC(C)N(C)CCNC(=O)CC1NCCCC1C. The Hall–Kier alpha value is -0.610. The minimum atomic E-state index is 0.184. The first-order valence-electron chi connectivity index (χ1n) is 7.74. The summed E-state index contributed by atoms with van der Waals surface area (Å²) in [6.07, 6.45) is 4.24.